The minimum atomic E-state index is -0.640. The van der Waals surface area contributed by atoms with E-state index in [1.165, 1.54) is 6.07 Å². The third kappa shape index (κ3) is 1.09. The average molecular weight is 195 g/mol. The quantitative estimate of drug-likeness (QED) is 0.404. The van der Waals surface area contributed by atoms with Gasteiger partial charge in [-0.25, -0.2) is 0 Å². The van der Waals surface area contributed by atoms with Crippen LogP contribution in [-0.2, 0) is 12.8 Å². The Balaban J connectivity index is 2.72. The second kappa shape index (κ2) is 2.87. The van der Waals surface area contributed by atoms with Crippen molar-refractivity contribution in [2.24, 2.45) is 0 Å². The standard InChI is InChI=1S/C9H9NO4/c11-7-4-5-2-1-3-6(5)8(9(7)12)10(13)14/h4,11-12H,1-3H2. The summed E-state index contributed by atoms with van der Waals surface area (Å²) >= 11 is 0. The summed E-state index contributed by atoms with van der Waals surface area (Å²) in [4.78, 5) is 10.0. The first-order chi connectivity index (χ1) is 6.61. The van der Waals surface area contributed by atoms with Gasteiger partial charge in [0.25, 0.3) is 0 Å². The van der Waals surface area contributed by atoms with Crippen LogP contribution in [0.2, 0.25) is 0 Å². The highest BCUT2D eigenvalue weighted by Crippen LogP contribution is 2.43. The molecule has 0 heterocycles. The normalized spacial score (nSPS) is 14.0. The number of fused-ring (bicyclic) bond motifs is 1. The summed E-state index contributed by atoms with van der Waals surface area (Å²) in [7, 11) is 0. The number of nitro groups is 1. The number of hydrogen-bond acceptors (Lipinski definition) is 4. The van der Waals surface area contributed by atoms with E-state index in [0.717, 1.165) is 18.4 Å². The van der Waals surface area contributed by atoms with E-state index in [1.54, 1.807) is 0 Å². The predicted molar refractivity (Wildman–Crippen MR) is 48.5 cm³/mol. The molecule has 0 aliphatic heterocycles. The van der Waals surface area contributed by atoms with Crippen LogP contribution in [0.3, 0.4) is 0 Å². The van der Waals surface area contributed by atoms with Gasteiger partial charge in [-0.2, -0.15) is 0 Å². The number of rotatable bonds is 1. The average Bonchev–Trinajstić information content (AvgIpc) is 2.52. The second-order valence-corrected chi connectivity index (χ2v) is 3.34. The van der Waals surface area contributed by atoms with Crippen LogP contribution < -0.4 is 0 Å². The van der Waals surface area contributed by atoms with E-state index in [4.69, 9.17) is 0 Å². The van der Waals surface area contributed by atoms with E-state index >= 15 is 0 Å². The Kier molecular flexibility index (Phi) is 1.80. The second-order valence-electron chi connectivity index (χ2n) is 3.34. The number of phenols is 2. The lowest BCUT2D eigenvalue weighted by Gasteiger charge is -2.04. The first kappa shape index (κ1) is 8.80. The van der Waals surface area contributed by atoms with Gasteiger partial charge in [-0.1, -0.05) is 0 Å². The fourth-order valence-corrected chi connectivity index (χ4v) is 1.89. The molecule has 1 aromatic rings. The maximum atomic E-state index is 10.7. The van der Waals surface area contributed by atoms with Crippen LogP contribution in [-0.4, -0.2) is 15.1 Å². The Morgan fingerprint density at radius 3 is 2.71 bits per heavy atom. The van der Waals surface area contributed by atoms with Gasteiger partial charge < -0.3 is 10.2 Å². The highest BCUT2D eigenvalue weighted by atomic mass is 16.6. The molecule has 0 bridgehead atoms. The molecule has 1 aliphatic rings. The van der Waals surface area contributed by atoms with E-state index in [9.17, 15) is 20.3 Å². The molecule has 0 amide bonds. The molecule has 5 nitrogen and oxygen atoms in total. The summed E-state index contributed by atoms with van der Waals surface area (Å²) in [6, 6.07) is 1.41. The van der Waals surface area contributed by atoms with Crippen molar-refractivity contribution in [2.45, 2.75) is 19.3 Å². The van der Waals surface area contributed by atoms with E-state index in [-0.39, 0.29) is 5.69 Å². The van der Waals surface area contributed by atoms with Crippen molar-refractivity contribution in [3.63, 3.8) is 0 Å². The van der Waals surface area contributed by atoms with Crippen LogP contribution in [0.25, 0.3) is 0 Å². The molecule has 0 fully saturated rings. The van der Waals surface area contributed by atoms with Crippen molar-refractivity contribution in [2.75, 3.05) is 0 Å². The van der Waals surface area contributed by atoms with Gasteiger partial charge in [-0.05, 0) is 30.9 Å². The summed E-state index contributed by atoms with van der Waals surface area (Å²) in [6.07, 6.45) is 2.16. The maximum Gasteiger partial charge on any atom is 0.318 e. The van der Waals surface area contributed by atoms with Crippen LogP contribution >= 0.6 is 0 Å². The first-order valence-electron chi connectivity index (χ1n) is 4.32. The Labute approximate surface area is 79.8 Å². The minimum Gasteiger partial charge on any atom is -0.504 e. The Hall–Kier alpha value is -1.78. The number of nitrogens with zero attached hydrogens (tertiary/aromatic N) is 1. The Bertz CT molecular complexity index is 414. The fraction of sp³-hybridized carbons (Fsp3) is 0.333. The van der Waals surface area contributed by atoms with Crippen molar-refractivity contribution in [3.05, 3.63) is 27.3 Å². The molecule has 0 radical (unpaired) electrons. The summed E-state index contributed by atoms with van der Waals surface area (Å²) in [5, 5.41) is 29.3. The number of benzene rings is 1. The van der Waals surface area contributed by atoms with Crippen LogP contribution in [0.5, 0.6) is 11.5 Å². The first-order valence-corrected chi connectivity index (χ1v) is 4.32. The Morgan fingerprint density at radius 1 is 1.36 bits per heavy atom. The van der Waals surface area contributed by atoms with Gasteiger partial charge in [0.2, 0.25) is 5.75 Å². The lowest BCUT2D eigenvalue weighted by atomic mass is 10.1. The largest absolute Gasteiger partial charge is 0.504 e. The monoisotopic (exact) mass is 195 g/mol. The molecule has 1 aromatic carbocycles. The smallest absolute Gasteiger partial charge is 0.318 e. The fourth-order valence-electron chi connectivity index (χ4n) is 1.89. The third-order valence-corrected chi connectivity index (χ3v) is 2.51. The number of aryl methyl sites for hydroxylation is 1. The van der Waals surface area contributed by atoms with Crippen molar-refractivity contribution in [1.82, 2.24) is 0 Å². The zero-order valence-electron chi connectivity index (χ0n) is 7.36. The van der Waals surface area contributed by atoms with Crippen LogP contribution in [0.1, 0.15) is 17.5 Å². The number of nitro benzene ring substituents is 1. The summed E-state index contributed by atoms with van der Waals surface area (Å²) < 4.78 is 0. The van der Waals surface area contributed by atoms with Crippen LogP contribution in [0, 0.1) is 10.1 Å². The van der Waals surface area contributed by atoms with Crippen molar-refractivity contribution in [1.29, 1.82) is 0 Å². The summed E-state index contributed by atoms with van der Waals surface area (Å²) in [5.74, 6) is -1.02. The van der Waals surface area contributed by atoms with Crippen LogP contribution in [0.15, 0.2) is 6.07 Å². The topological polar surface area (TPSA) is 83.6 Å². The molecule has 14 heavy (non-hydrogen) atoms. The molecule has 0 spiro atoms. The molecule has 74 valence electrons. The number of phenolic OH excluding ortho intramolecular Hbond substituents is 2. The van der Waals surface area contributed by atoms with Gasteiger partial charge in [0.05, 0.1) is 4.92 Å². The summed E-state index contributed by atoms with van der Waals surface area (Å²) in [6.45, 7) is 0. The molecular formula is C9H9NO4. The molecule has 0 saturated carbocycles. The SMILES string of the molecule is O=[N+]([O-])c1c(O)c(O)cc2c1CCC2. The number of aromatic hydroxyl groups is 2. The lowest BCUT2D eigenvalue weighted by Crippen LogP contribution is -1.95. The molecule has 2 N–H and O–H groups in total. The maximum absolute atomic E-state index is 10.7. The molecule has 5 heteroatoms. The highest BCUT2D eigenvalue weighted by Gasteiger charge is 2.28. The zero-order chi connectivity index (χ0) is 10.3. The van der Waals surface area contributed by atoms with E-state index < -0.39 is 16.4 Å². The van der Waals surface area contributed by atoms with Gasteiger partial charge >= 0.3 is 5.69 Å². The van der Waals surface area contributed by atoms with Gasteiger partial charge in [0.15, 0.2) is 5.75 Å². The molecular weight excluding hydrogens is 186 g/mol. The van der Waals surface area contributed by atoms with Gasteiger partial charge in [0, 0.05) is 5.56 Å². The lowest BCUT2D eigenvalue weighted by molar-refractivity contribution is -0.386. The highest BCUT2D eigenvalue weighted by molar-refractivity contribution is 5.63. The third-order valence-electron chi connectivity index (χ3n) is 2.51. The van der Waals surface area contributed by atoms with Gasteiger partial charge in [-0.3, -0.25) is 10.1 Å². The Morgan fingerprint density at radius 2 is 2.07 bits per heavy atom. The van der Waals surface area contributed by atoms with E-state index in [2.05, 4.69) is 0 Å². The predicted octanol–water partition coefficient (Wildman–Crippen LogP) is 1.49. The van der Waals surface area contributed by atoms with Gasteiger partial charge in [0.1, 0.15) is 0 Å². The number of hydrogen-bond donors (Lipinski definition) is 2. The molecule has 0 atom stereocenters. The molecule has 0 unspecified atom stereocenters. The van der Waals surface area contributed by atoms with Gasteiger partial charge in [-0.15, -0.1) is 0 Å². The molecule has 0 aromatic heterocycles. The summed E-state index contributed by atoms with van der Waals surface area (Å²) in [5.41, 5.74) is 0.995. The van der Waals surface area contributed by atoms with Crippen molar-refractivity contribution < 1.29 is 15.1 Å². The van der Waals surface area contributed by atoms with E-state index in [0.29, 0.717) is 12.0 Å². The molecule has 1 aliphatic carbocycles. The van der Waals surface area contributed by atoms with Crippen LogP contribution in [0.4, 0.5) is 5.69 Å². The zero-order valence-corrected chi connectivity index (χ0v) is 7.36. The van der Waals surface area contributed by atoms with Crippen molar-refractivity contribution >= 4 is 5.69 Å². The van der Waals surface area contributed by atoms with Crippen molar-refractivity contribution in [3.8, 4) is 11.5 Å². The molecule has 2 rings (SSSR count). The molecule has 0 saturated heterocycles. The minimum absolute atomic E-state index is 0.336. The van der Waals surface area contributed by atoms with E-state index in [1.807, 2.05) is 0 Å².